The average molecular weight is 263 g/mol. The minimum Gasteiger partial charge on any atom is -0.494 e. The monoisotopic (exact) mass is 263 g/mol. The molecule has 1 fully saturated rings. The number of benzene rings is 1. The van der Waals surface area contributed by atoms with E-state index in [1.165, 1.54) is 0 Å². The Morgan fingerprint density at radius 2 is 2.21 bits per heavy atom. The van der Waals surface area contributed by atoms with Gasteiger partial charge in [-0.05, 0) is 51.0 Å². The van der Waals surface area contributed by atoms with Gasteiger partial charge in [0.05, 0.1) is 18.8 Å². The number of nitrogens with one attached hydrogen (secondary N) is 1. The Balaban J connectivity index is 1.91. The van der Waals surface area contributed by atoms with Crippen LogP contribution in [0.3, 0.4) is 0 Å². The summed E-state index contributed by atoms with van der Waals surface area (Å²) in [5.41, 5.74) is 0.647. The van der Waals surface area contributed by atoms with Gasteiger partial charge in [-0.1, -0.05) is 0 Å². The van der Waals surface area contributed by atoms with Crippen LogP contribution in [0, 0.1) is 0 Å². The van der Waals surface area contributed by atoms with Gasteiger partial charge in [0, 0.05) is 12.2 Å². The van der Waals surface area contributed by atoms with Crippen LogP contribution in [0.1, 0.15) is 37.0 Å². The molecule has 1 N–H and O–H groups in total. The Morgan fingerprint density at radius 1 is 1.47 bits per heavy atom. The van der Waals surface area contributed by atoms with Crippen molar-refractivity contribution in [2.45, 2.75) is 38.8 Å². The first-order chi connectivity index (χ1) is 9.20. The summed E-state index contributed by atoms with van der Waals surface area (Å²) in [6.07, 6.45) is 2.24. The molecule has 104 valence electrons. The number of amides is 1. The molecule has 1 saturated heterocycles. The lowest BCUT2D eigenvalue weighted by atomic mass is 10.1. The Morgan fingerprint density at radius 3 is 2.79 bits per heavy atom. The normalized spacial score (nSPS) is 20.0. The molecule has 0 aliphatic carbocycles. The fourth-order valence-corrected chi connectivity index (χ4v) is 2.25. The summed E-state index contributed by atoms with van der Waals surface area (Å²) in [7, 11) is 0. The molecule has 0 unspecified atom stereocenters. The zero-order valence-electron chi connectivity index (χ0n) is 11.5. The Hall–Kier alpha value is -1.55. The summed E-state index contributed by atoms with van der Waals surface area (Å²) in [6.45, 7) is 5.35. The number of ether oxygens (including phenoxy) is 2. The minimum absolute atomic E-state index is 0.0431. The number of rotatable bonds is 5. The first kappa shape index (κ1) is 13.9. The van der Waals surface area contributed by atoms with E-state index in [0.29, 0.717) is 12.2 Å². The fourth-order valence-electron chi connectivity index (χ4n) is 2.25. The summed E-state index contributed by atoms with van der Waals surface area (Å²) in [5, 5.41) is 2.98. The zero-order valence-corrected chi connectivity index (χ0v) is 11.5. The van der Waals surface area contributed by atoms with E-state index in [1.807, 2.05) is 26.0 Å². The predicted octanol–water partition coefficient (Wildman–Crippen LogP) is 2.38. The van der Waals surface area contributed by atoms with Crippen molar-refractivity contribution in [2.24, 2.45) is 0 Å². The van der Waals surface area contributed by atoms with Crippen LogP contribution < -0.4 is 10.1 Å². The van der Waals surface area contributed by atoms with E-state index in [-0.39, 0.29) is 18.1 Å². The van der Waals surface area contributed by atoms with Crippen LogP contribution in [0.15, 0.2) is 24.3 Å². The number of hydrogen-bond donors (Lipinski definition) is 1. The van der Waals surface area contributed by atoms with Crippen molar-refractivity contribution < 1.29 is 14.3 Å². The Kier molecular flexibility index (Phi) is 4.80. The molecule has 4 nitrogen and oxygen atoms in total. The predicted molar refractivity (Wildman–Crippen MR) is 73.5 cm³/mol. The first-order valence-corrected chi connectivity index (χ1v) is 6.86. The molecule has 0 spiro atoms. The van der Waals surface area contributed by atoms with Crippen molar-refractivity contribution in [3.63, 3.8) is 0 Å². The molecule has 0 saturated carbocycles. The van der Waals surface area contributed by atoms with Gasteiger partial charge in [0.25, 0.3) is 5.91 Å². The zero-order chi connectivity index (χ0) is 13.7. The molecule has 1 aromatic carbocycles. The number of hydrogen-bond acceptors (Lipinski definition) is 3. The summed E-state index contributed by atoms with van der Waals surface area (Å²) >= 11 is 0. The van der Waals surface area contributed by atoms with E-state index in [0.717, 1.165) is 25.2 Å². The Labute approximate surface area is 114 Å². The lowest BCUT2D eigenvalue weighted by Crippen LogP contribution is -2.40. The smallest absolute Gasteiger partial charge is 0.251 e. The van der Waals surface area contributed by atoms with Crippen LogP contribution in [0.25, 0.3) is 0 Å². The van der Waals surface area contributed by atoms with E-state index in [9.17, 15) is 4.79 Å². The SMILES string of the molecule is CCOc1ccc(C(=O)N[C@H](C)[C@@H]2CCCO2)cc1. The van der Waals surface area contributed by atoms with Gasteiger partial charge in [0.2, 0.25) is 0 Å². The van der Waals surface area contributed by atoms with Crippen LogP contribution in [0.5, 0.6) is 5.75 Å². The third-order valence-electron chi connectivity index (χ3n) is 3.31. The molecule has 0 bridgehead atoms. The summed E-state index contributed by atoms with van der Waals surface area (Å²) in [5.74, 6) is 0.720. The minimum atomic E-state index is -0.0638. The average Bonchev–Trinajstić information content (AvgIpc) is 2.94. The quantitative estimate of drug-likeness (QED) is 0.887. The maximum Gasteiger partial charge on any atom is 0.251 e. The molecule has 1 aliphatic rings. The third kappa shape index (κ3) is 3.70. The van der Waals surface area contributed by atoms with Gasteiger partial charge in [-0.15, -0.1) is 0 Å². The molecule has 0 aromatic heterocycles. The lowest BCUT2D eigenvalue weighted by molar-refractivity contribution is 0.0712. The maximum absolute atomic E-state index is 12.1. The van der Waals surface area contributed by atoms with Crippen molar-refractivity contribution in [1.82, 2.24) is 5.32 Å². The van der Waals surface area contributed by atoms with E-state index >= 15 is 0 Å². The maximum atomic E-state index is 12.1. The van der Waals surface area contributed by atoms with Crippen molar-refractivity contribution in [3.8, 4) is 5.75 Å². The van der Waals surface area contributed by atoms with Crippen molar-refractivity contribution in [2.75, 3.05) is 13.2 Å². The van der Waals surface area contributed by atoms with Gasteiger partial charge in [-0.3, -0.25) is 4.79 Å². The number of carbonyl (C=O) groups is 1. The molecule has 2 rings (SSSR count). The number of carbonyl (C=O) groups excluding carboxylic acids is 1. The van der Waals surface area contributed by atoms with E-state index < -0.39 is 0 Å². The lowest BCUT2D eigenvalue weighted by Gasteiger charge is -2.20. The molecule has 4 heteroatoms. The highest BCUT2D eigenvalue weighted by molar-refractivity contribution is 5.94. The molecule has 1 heterocycles. The molecule has 1 amide bonds. The Bertz CT molecular complexity index is 410. The highest BCUT2D eigenvalue weighted by Gasteiger charge is 2.23. The van der Waals surface area contributed by atoms with Crippen LogP contribution in [-0.4, -0.2) is 31.3 Å². The van der Waals surface area contributed by atoms with Crippen LogP contribution in [-0.2, 0) is 4.74 Å². The molecule has 2 atom stereocenters. The summed E-state index contributed by atoms with van der Waals surface area (Å²) in [6, 6.07) is 7.23. The van der Waals surface area contributed by atoms with Crippen LogP contribution in [0.2, 0.25) is 0 Å². The van der Waals surface area contributed by atoms with Crippen molar-refractivity contribution in [1.29, 1.82) is 0 Å². The molecular weight excluding hydrogens is 242 g/mol. The van der Waals surface area contributed by atoms with Crippen molar-refractivity contribution >= 4 is 5.91 Å². The third-order valence-corrected chi connectivity index (χ3v) is 3.31. The first-order valence-electron chi connectivity index (χ1n) is 6.86. The second-order valence-electron chi connectivity index (χ2n) is 4.77. The molecule has 19 heavy (non-hydrogen) atoms. The van der Waals surface area contributed by atoms with E-state index in [1.54, 1.807) is 12.1 Å². The fraction of sp³-hybridized carbons (Fsp3) is 0.533. The van der Waals surface area contributed by atoms with Gasteiger partial charge in [-0.2, -0.15) is 0 Å². The highest BCUT2D eigenvalue weighted by Crippen LogP contribution is 2.16. The van der Waals surface area contributed by atoms with Crippen LogP contribution >= 0.6 is 0 Å². The van der Waals surface area contributed by atoms with Gasteiger partial charge in [0.15, 0.2) is 0 Å². The molecular formula is C15H21NO3. The van der Waals surface area contributed by atoms with Gasteiger partial charge >= 0.3 is 0 Å². The van der Waals surface area contributed by atoms with Gasteiger partial charge in [-0.25, -0.2) is 0 Å². The van der Waals surface area contributed by atoms with Gasteiger partial charge < -0.3 is 14.8 Å². The molecule has 0 radical (unpaired) electrons. The summed E-state index contributed by atoms with van der Waals surface area (Å²) < 4.78 is 10.9. The summed E-state index contributed by atoms with van der Waals surface area (Å²) in [4.78, 5) is 12.1. The second kappa shape index (κ2) is 6.57. The van der Waals surface area contributed by atoms with Gasteiger partial charge in [0.1, 0.15) is 5.75 Å². The largest absolute Gasteiger partial charge is 0.494 e. The van der Waals surface area contributed by atoms with Crippen molar-refractivity contribution in [3.05, 3.63) is 29.8 Å². The topological polar surface area (TPSA) is 47.6 Å². The highest BCUT2D eigenvalue weighted by atomic mass is 16.5. The molecule has 1 aromatic rings. The standard InChI is InChI=1S/C15H21NO3/c1-3-18-13-8-6-12(7-9-13)15(17)16-11(2)14-5-4-10-19-14/h6-9,11,14H,3-5,10H2,1-2H3,(H,16,17)/t11-,14+/m1/s1. The van der Waals surface area contributed by atoms with E-state index in [2.05, 4.69) is 5.32 Å². The van der Waals surface area contributed by atoms with Crippen LogP contribution in [0.4, 0.5) is 0 Å². The van der Waals surface area contributed by atoms with E-state index in [4.69, 9.17) is 9.47 Å². The second-order valence-corrected chi connectivity index (χ2v) is 4.77. The molecule has 1 aliphatic heterocycles.